The zero-order valence-electron chi connectivity index (χ0n) is 9.13. The summed E-state index contributed by atoms with van der Waals surface area (Å²) in [6, 6.07) is 5.03. The normalized spacial score (nSPS) is 19.2. The number of ether oxygens (including phenoxy) is 1. The Bertz CT molecular complexity index is 401. The molecule has 0 aromatic heterocycles. The second-order valence-electron chi connectivity index (χ2n) is 4.13. The van der Waals surface area contributed by atoms with Crippen LogP contribution in [0.1, 0.15) is 30.1 Å². The van der Waals surface area contributed by atoms with E-state index in [1.54, 1.807) is 18.2 Å². The molecule has 0 spiro atoms. The van der Waals surface area contributed by atoms with Crippen LogP contribution in [-0.2, 0) is 6.42 Å². The van der Waals surface area contributed by atoms with Crippen LogP contribution in [0.4, 0.5) is 13.2 Å². The van der Waals surface area contributed by atoms with Crippen LogP contribution < -0.4 is 4.74 Å². The maximum atomic E-state index is 11.9. The lowest BCUT2D eigenvalue weighted by molar-refractivity contribution is -0.139. The van der Waals surface area contributed by atoms with Gasteiger partial charge in [0.2, 0.25) is 0 Å². The highest BCUT2D eigenvalue weighted by Crippen LogP contribution is 2.33. The van der Waals surface area contributed by atoms with Crippen molar-refractivity contribution in [2.45, 2.75) is 31.5 Å². The lowest BCUT2D eigenvalue weighted by atomic mass is 10.1. The van der Waals surface area contributed by atoms with Crippen LogP contribution in [0.3, 0.4) is 0 Å². The summed E-state index contributed by atoms with van der Waals surface area (Å²) in [5.41, 5.74) is 1.81. The molecule has 1 aliphatic carbocycles. The van der Waals surface area contributed by atoms with Crippen LogP contribution in [0, 0.1) is 0 Å². The van der Waals surface area contributed by atoms with Crippen molar-refractivity contribution in [2.24, 2.45) is 0 Å². The van der Waals surface area contributed by atoms with Gasteiger partial charge in [0.15, 0.2) is 0 Å². The third-order valence-corrected chi connectivity index (χ3v) is 2.81. The molecule has 0 saturated carbocycles. The van der Waals surface area contributed by atoms with Crippen molar-refractivity contribution >= 4 is 0 Å². The van der Waals surface area contributed by atoms with Gasteiger partial charge in [-0.25, -0.2) is 0 Å². The van der Waals surface area contributed by atoms with Gasteiger partial charge in [-0.2, -0.15) is 13.2 Å². The van der Waals surface area contributed by atoms with E-state index < -0.39 is 18.7 Å². The van der Waals surface area contributed by atoms with Crippen LogP contribution in [-0.4, -0.2) is 17.9 Å². The Morgan fingerprint density at radius 1 is 1.35 bits per heavy atom. The number of halogens is 3. The average Bonchev–Trinajstić information content (AvgIpc) is 2.58. The smallest absolute Gasteiger partial charge is 0.392 e. The lowest BCUT2D eigenvalue weighted by Gasteiger charge is -2.10. The molecule has 0 heterocycles. The van der Waals surface area contributed by atoms with E-state index in [-0.39, 0.29) is 6.61 Å². The molecule has 1 aliphatic rings. The van der Waals surface area contributed by atoms with Gasteiger partial charge in [0.1, 0.15) is 5.75 Å². The topological polar surface area (TPSA) is 29.5 Å². The first kappa shape index (κ1) is 12.2. The predicted octanol–water partition coefficient (Wildman–Crippen LogP) is 3.00. The van der Waals surface area contributed by atoms with Crippen molar-refractivity contribution < 1.29 is 23.0 Å². The molecule has 1 aromatic rings. The minimum Gasteiger partial charge on any atom is -0.493 e. The third-order valence-electron chi connectivity index (χ3n) is 2.81. The molecular formula is C12H13F3O2. The molecule has 1 aromatic carbocycles. The molecule has 2 nitrogen and oxygen atoms in total. The Morgan fingerprint density at radius 3 is 2.82 bits per heavy atom. The second-order valence-corrected chi connectivity index (χ2v) is 4.13. The predicted molar refractivity (Wildman–Crippen MR) is 55.9 cm³/mol. The van der Waals surface area contributed by atoms with E-state index in [4.69, 9.17) is 4.74 Å². The number of alkyl halides is 3. The quantitative estimate of drug-likeness (QED) is 0.888. The minimum absolute atomic E-state index is 0.370. The number of rotatable bonds is 3. The van der Waals surface area contributed by atoms with Crippen molar-refractivity contribution in [3.05, 3.63) is 29.3 Å². The first-order valence-corrected chi connectivity index (χ1v) is 5.46. The van der Waals surface area contributed by atoms with E-state index in [0.29, 0.717) is 12.2 Å². The van der Waals surface area contributed by atoms with Gasteiger partial charge in [-0.1, -0.05) is 6.07 Å². The molecule has 0 saturated heterocycles. The summed E-state index contributed by atoms with van der Waals surface area (Å²) in [5, 5.41) is 9.57. The number of benzene rings is 1. The number of fused-ring (bicyclic) bond motifs is 1. The van der Waals surface area contributed by atoms with E-state index in [1.807, 2.05) is 0 Å². The first-order valence-electron chi connectivity index (χ1n) is 5.46. The summed E-state index contributed by atoms with van der Waals surface area (Å²) < 4.78 is 40.8. The highest BCUT2D eigenvalue weighted by molar-refractivity contribution is 5.39. The Hall–Kier alpha value is -1.23. The molecule has 1 atom stereocenters. The number of aliphatic hydroxyl groups is 1. The van der Waals surface area contributed by atoms with E-state index in [0.717, 1.165) is 17.5 Å². The van der Waals surface area contributed by atoms with Crippen molar-refractivity contribution in [1.82, 2.24) is 0 Å². The molecule has 2 rings (SSSR count). The van der Waals surface area contributed by atoms with Gasteiger partial charge >= 0.3 is 6.18 Å². The molecule has 0 bridgehead atoms. The fourth-order valence-electron chi connectivity index (χ4n) is 1.95. The Labute approximate surface area is 97.0 Å². The highest BCUT2D eigenvalue weighted by Gasteiger charge is 2.27. The molecule has 5 heteroatoms. The van der Waals surface area contributed by atoms with Gasteiger partial charge in [0.25, 0.3) is 0 Å². The number of aryl methyl sites for hydroxylation is 1. The number of hydrogen-bond acceptors (Lipinski definition) is 2. The maximum Gasteiger partial charge on any atom is 0.392 e. The van der Waals surface area contributed by atoms with Gasteiger partial charge in [-0.3, -0.25) is 0 Å². The van der Waals surface area contributed by atoms with Crippen molar-refractivity contribution in [1.29, 1.82) is 0 Å². The summed E-state index contributed by atoms with van der Waals surface area (Å²) in [7, 11) is 0. The third kappa shape index (κ3) is 3.12. The van der Waals surface area contributed by atoms with Crippen molar-refractivity contribution in [3.8, 4) is 5.75 Å². The molecule has 0 fully saturated rings. The van der Waals surface area contributed by atoms with Gasteiger partial charge in [-0.05, 0) is 36.1 Å². The van der Waals surface area contributed by atoms with Gasteiger partial charge in [-0.15, -0.1) is 0 Å². The Kier molecular flexibility index (Phi) is 3.28. The zero-order chi connectivity index (χ0) is 12.5. The van der Waals surface area contributed by atoms with Crippen molar-refractivity contribution in [2.75, 3.05) is 6.61 Å². The second kappa shape index (κ2) is 4.56. The Morgan fingerprint density at radius 2 is 2.12 bits per heavy atom. The zero-order valence-corrected chi connectivity index (χ0v) is 9.13. The average molecular weight is 246 g/mol. The summed E-state index contributed by atoms with van der Waals surface area (Å²) in [6.07, 6.45) is -4.18. The molecule has 0 amide bonds. The standard InChI is InChI=1S/C12H13F3O2/c13-12(14,15)5-6-17-9-2-3-10-8(7-9)1-4-11(10)16/h2-3,7,11,16H,1,4-6H2/t11-/m1/s1. The SMILES string of the molecule is O[C@@H]1CCc2cc(OCCC(F)(F)F)ccc21. The van der Waals surface area contributed by atoms with Gasteiger partial charge < -0.3 is 9.84 Å². The van der Waals surface area contributed by atoms with Crippen LogP contribution in [0.25, 0.3) is 0 Å². The first-order chi connectivity index (χ1) is 7.96. The fraction of sp³-hybridized carbons (Fsp3) is 0.500. The largest absolute Gasteiger partial charge is 0.493 e. The Balaban J connectivity index is 1.95. The molecule has 0 radical (unpaired) electrons. The van der Waals surface area contributed by atoms with E-state index in [9.17, 15) is 18.3 Å². The lowest BCUT2D eigenvalue weighted by Crippen LogP contribution is -2.13. The molecule has 0 unspecified atom stereocenters. The van der Waals surface area contributed by atoms with Crippen LogP contribution >= 0.6 is 0 Å². The summed E-state index contributed by atoms with van der Waals surface area (Å²) in [4.78, 5) is 0. The van der Waals surface area contributed by atoms with E-state index >= 15 is 0 Å². The maximum absolute atomic E-state index is 11.9. The summed E-state index contributed by atoms with van der Waals surface area (Å²) >= 11 is 0. The molecule has 17 heavy (non-hydrogen) atoms. The van der Waals surface area contributed by atoms with Crippen LogP contribution in [0.5, 0.6) is 5.75 Å². The van der Waals surface area contributed by atoms with E-state index in [1.165, 1.54) is 0 Å². The van der Waals surface area contributed by atoms with Crippen molar-refractivity contribution in [3.63, 3.8) is 0 Å². The van der Waals surface area contributed by atoms with E-state index in [2.05, 4.69) is 0 Å². The van der Waals surface area contributed by atoms with Crippen LogP contribution in [0.2, 0.25) is 0 Å². The molecule has 0 aliphatic heterocycles. The van der Waals surface area contributed by atoms with Gasteiger partial charge in [0, 0.05) is 0 Å². The molecule has 1 N–H and O–H groups in total. The fourth-order valence-corrected chi connectivity index (χ4v) is 1.95. The highest BCUT2D eigenvalue weighted by atomic mass is 19.4. The monoisotopic (exact) mass is 246 g/mol. The van der Waals surface area contributed by atoms with Gasteiger partial charge in [0.05, 0.1) is 19.1 Å². The minimum atomic E-state index is -4.19. The molecular weight excluding hydrogens is 233 g/mol. The summed E-state index contributed by atoms with van der Waals surface area (Å²) in [6.45, 7) is -0.370. The number of aliphatic hydroxyl groups excluding tert-OH is 1. The summed E-state index contributed by atoms with van der Waals surface area (Å²) in [5.74, 6) is 0.433. The van der Waals surface area contributed by atoms with Crippen LogP contribution in [0.15, 0.2) is 18.2 Å². The molecule has 94 valence electrons. The number of hydrogen-bond donors (Lipinski definition) is 1.